The molecule has 1 heterocycles. The molecule has 0 aliphatic heterocycles. The van der Waals surface area contributed by atoms with E-state index in [-0.39, 0.29) is 12.5 Å². The van der Waals surface area contributed by atoms with Gasteiger partial charge in [0.15, 0.2) is 0 Å². The summed E-state index contributed by atoms with van der Waals surface area (Å²) < 4.78 is 22.8. The molecule has 0 aliphatic rings. The van der Waals surface area contributed by atoms with Crippen LogP contribution in [0.3, 0.4) is 0 Å². The van der Waals surface area contributed by atoms with Crippen LogP contribution in [0.2, 0.25) is 0 Å². The van der Waals surface area contributed by atoms with Gasteiger partial charge >= 0.3 is 0 Å². The van der Waals surface area contributed by atoms with Gasteiger partial charge in [0, 0.05) is 6.61 Å². The molecule has 0 aliphatic carbocycles. The summed E-state index contributed by atoms with van der Waals surface area (Å²) in [5.74, 6) is 1.67. The van der Waals surface area contributed by atoms with E-state index in [1.165, 1.54) is 0 Å². The van der Waals surface area contributed by atoms with Gasteiger partial charge in [0.05, 0.1) is 24.6 Å². The Morgan fingerprint density at radius 3 is 2.39 bits per heavy atom. The van der Waals surface area contributed by atoms with Gasteiger partial charge in [-0.1, -0.05) is 55.5 Å². The van der Waals surface area contributed by atoms with E-state index in [9.17, 15) is 4.79 Å². The van der Waals surface area contributed by atoms with Crippen LogP contribution in [0.4, 0.5) is 5.69 Å². The monoisotopic (exact) mass is 514 g/mol. The number of hydrogen-bond acceptors (Lipinski definition) is 6. The van der Waals surface area contributed by atoms with Gasteiger partial charge in [0.2, 0.25) is 5.91 Å². The van der Waals surface area contributed by atoms with Crippen LogP contribution in [0.25, 0.3) is 0 Å². The first-order chi connectivity index (χ1) is 18.6. The van der Waals surface area contributed by atoms with E-state index in [0.717, 1.165) is 28.9 Å². The fourth-order valence-electron chi connectivity index (χ4n) is 3.79. The molecular weight excluding hydrogens is 480 g/mol. The number of anilines is 1. The summed E-state index contributed by atoms with van der Waals surface area (Å²) in [5, 5.41) is 2.92. The standard InChI is InChI=1S/C31H34N2O5/c1-2-16-35-20-25-12-15-29(30(19-25)38-22-27-9-6-17-36-27)33-31(34)28(32)18-23-10-13-26(14-11-23)37-21-24-7-4-3-5-8-24/h3-15,17,19,28H,2,16,18,20-22,32H2,1H3,(H,33,34)/t28-/m1/s1. The van der Waals surface area contributed by atoms with Crippen molar-refractivity contribution in [1.29, 1.82) is 0 Å². The summed E-state index contributed by atoms with van der Waals surface area (Å²) in [5.41, 5.74) is 9.80. The lowest BCUT2D eigenvalue weighted by Crippen LogP contribution is -2.37. The average Bonchev–Trinajstić information content (AvgIpc) is 3.47. The predicted molar refractivity (Wildman–Crippen MR) is 147 cm³/mol. The number of benzene rings is 3. The lowest BCUT2D eigenvalue weighted by atomic mass is 10.1. The number of carbonyl (C=O) groups excluding carboxylic acids is 1. The molecule has 4 aromatic rings. The van der Waals surface area contributed by atoms with Crippen molar-refractivity contribution < 1.29 is 23.4 Å². The first-order valence-corrected chi connectivity index (χ1v) is 12.8. The summed E-state index contributed by atoms with van der Waals surface area (Å²) >= 11 is 0. The van der Waals surface area contributed by atoms with Gasteiger partial charge in [-0.15, -0.1) is 0 Å². The van der Waals surface area contributed by atoms with Crippen molar-refractivity contribution in [1.82, 2.24) is 0 Å². The van der Waals surface area contributed by atoms with Gasteiger partial charge in [-0.05, 0) is 65.9 Å². The molecule has 0 fully saturated rings. The number of nitrogens with two attached hydrogens (primary N) is 1. The summed E-state index contributed by atoms with van der Waals surface area (Å²) in [6, 6.07) is 26.1. The number of nitrogens with one attached hydrogen (secondary N) is 1. The predicted octanol–water partition coefficient (Wildman–Crippen LogP) is 5.87. The Labute approximate surface area is 223 Å². The summed E-state index contributed by atoms with van der Waals surface area (Å²) in [7, 11) is 0. The zero-order valence-electron chi connectivity index (χ0n) is 21.6. The third kappa shape index (κ3) is 8.23. The maximum absolute atomic E-state index is 13.0. The zero-order valence-corrected chi connectivity index (χ0v) is 21.6. The van der Waals surface area contributed by atoms with Crippen LogP contribution in [-0.2, 0) is 35.8 Å². The molecule has 3 aromatic carbocycles. The van der Waals surface area contributed by atoms with Gasteiger partial charge in [-0.3, -0.25) is 4.79 Å². The maximum Gasteiger partial charge on any atom is 0.241 e. The molecule has 0 spiro atoms. The molecule has 38 heavy (non-hydrogen) atoms. The fraction of sp³-hybridized carbons (Fsp3) is 0.258. The Kier molecular flexibility index (Phi) is 9.96. The Morgan fingerprint density at radius 2 is 1.66 bits per heavy atom. The maximum atomic E-state index is 13.0. The van der Waals surface area contributed by atoms with Gasteiger partial charge in [0.25, 0.3) is 0 Å². The van der Waals surface area contributed by atoms with Crippen LogP contribution >= 0.6 is 0 Å². The lowest BCUT2D eigenvalue weighted by Gasteiger charge is -2.17. The van der Waals surface area contributed by atoms with Crippen LogP contribution < -0.4 is 20.5 Å². The molecule has 0 unspecified atom stereocenters. The van der Waals surface area contributed by atoms with Gasteiger partial charge in [-0.2, -0.15) is 0 Å². The van der Waals surface area contributed by atoms with E-state index in [4.69, 9.17) is 24.4 Å². The van der Waals surface area contributed by atoms with Crippen molar-refractivity contribution >= 4 is 11.6 Å². The second-order valence-corrected chi connectivity index (χ2v) is 8.97. The Balaban J connectivity index is 1.35. The minimum Gasteiger partial charge on any atom is -0.489 e. The Bertz CT molecular complexity index is 1260. The smallest absolute Gasteiger partial charge is 0.241 e. The number of hydrogen-bond donors (Lipinski definition) is 2. The van der Waals surface area contributed by atoms with E-state index in [0.29, 0.717) is 43.4 Å². The third-order valence-electron chi connectivity index (χ3n) is 5.84. The minimum atomic E-state index is -0.739. The van der Waals surface area contributed by atoms with Crippen molar-refractivity contribution in [2.24, 2.45) is 5.73 Å². The van der Waals surface area contributed by atoms with Crippen LogP contribution in [0.15, 0.2) is 95.6 Å². The van der Waals surface area contributed by atoms with Crippen molar-refractivity contribution in [3.8, 4) is 11.5 Å². The topological polar surface area (TPSA) is 96.0 Å². The molecule has 1 atom stereocenters. The van der Waals surface area contributed by atoms with Gasteiger partial charge in [0.1, 0.15) is 30.5 Å². The highest BCUT2D eigenvalue weighted by Gasteiger charge is 2.17. The van der Waals surface area contributed by atoms with E-state index >= 15 is 0 Å². The number of carbonyl (C=O) groups is 1. The van der Waals surface area contributed by atoms with Crippen LogP contribution in [0, 0.1) is 0 Å². The number of ether oxygens (including phenoxy) is 3. The molecule has 4 rings (SSSR count). The van der Waals surface area contributed by atoms with E-state index in [2.05, 4.69) is 12.2 Å². The molecule has 198 valence electrons. The van der Waals surface area contributed by atoms with Crippen LogP contribution in [0.5, 0.6) is 11.5 Å². The first-order valence-electron chi connectivity index (χ1n) is 12.8. The average molecular weight is 515 g/mol. The molecule has 1 aromatic heterocycles. The molecule has 0 radical (unpaired) electrons. The largest absolute Gasteiger partial charge is 0.489 e. The lowest BCUT2D eigenvalue weighted by molar-refractivity contribution is -0.117. The molecule has 1 amide bonds. The fourth-order valence-corrected chi connectivity index (χ4v) is 3.79. The molecule has 7 nitrogen and oxygen atoms in total. The van der Waals surface area contributed by atoms with Crippen molar-refractivity contribution in [2.75, 3.05) is 11.9 Å². The highest BCUT2D eigenvalue weighted by atomic mass is 16.5. The molecular formula is C31H34N2O5. The van der Waals surface area contributed by atoms with E-state index < -0.39 is 6.04 Å². The SMILES string of the molecule is CCCOCc1ccc(NC(=O)[C@H](N)Cc2ccc(OCc3ccccc3)cc2)c(OCc2ccco2)c1. The highest BCUT2D eigenvalue weighted by molar-refractivity contribution is 5.96. The number of amides is 1. The van der Waals surface area contributed by atoms with Crippen LogP contribution in [0.1, 0.15) is 35.8 Å². The number of furan rings is 1. The van der Waals surface area contributed by atoms with Crippen molar-refractivity contribution in [3.63, 3.8) is 0 Å². The molecule has 0 bridgehead atoms. The van der Waals surface area contributed by atoms with Crippen molar-refractivity contribution in [2.45, 2.75) is 45.6 Å². The highest BCUT2D eigenvalue weighted by Crippen LogP contribution is 2.28. The molecule has 7 heteroatoms. The molecule has 3 N–H and O–H groups in total. The minimum absolute atomic E-state index is 0.236. The quantitative estimate of drug-likeness (QED) is 0.204. The zero-order chi connectivity index (χ0) is 26.6. The van der Waals surface area contributed by atoms with Crippen molar-refractivity contribution in [3.05, 3.63) is 114 Å². The van der Waals surface area contributed by atoms with Crippen LogP contribution in [-0.4, -0.2) is 18.6 Å². The Morgan fingerprint density at radius 1 is 0.868 bits per heavy atom. The summed E-state index contributed by atoms with van der Waals surface area (Å²) in [6.07, 6.45) is 2.92. The molecule has 0 saturated heterocycles. The summed E-state index contributed by atoms with van der Waals surface area (Å²) in [4.78, 5) is 13.0. The number of rotatable bonds is 14. The van der Waals surface area contributed by atoms with Gasteiger partial charge in [-0.25, -0.2) is 0 Å². The second-order valence-electron chi connectivity index (χ2n) is 8.97. The van der Waals surface area contributed by atoms with E-state index in [1.54, 1.807) is 12.3 Å². The third-order valence-corrected chi connectivity index (χ3v) is 5.84. The Hall–Kier alpha value is -4.07. The van der Waals surface area contributed by atoms with Gasteiger partial charge < -0.3 is 29.7 Å². The second kappa shape index (κ2) is 14.0. The molecule has 0 saturated carbocycles. The normalized spacial score (nSPS) is 11.6. The summed E-state index contributed by atoms with van der Waals surface area (Å²) in [6.45, 7) is 3.93. The van der Waals surface area contributed by atoms with E-state index in [1.807, 2.05) is 78.9 Å². The first kappa shape index (κ1) is 27.0.